The highest BCUT2D eigenvalue weighted by atomic mass is 35.5. The Balaban J connectivity index is 2.58. The monoisotopic (exact) mass is 272 g/mol. The van der Waals surface area contributed by atoms with E-state index >= 15 is 0 Å². The van der Waals surface area contributed by atoms with E-state index in [4.69, 9.17) is 25.8 Å². The number of carbonyl (C=O) groups is 1. The molecule has 0 saturated carbocycles. The largest absolute Gasteiger partial charge is 0.488 e. The lowest BCUT2D eigenvalue weighted by Crippen LogP contribution is -2.25. The normalized spacial score (nSPS) is 10.7. The van der Waals surface area contributed by atoms with E-state index in [1.54, 1.807) is 18.2 Å². The van der Waals surface area contributed by atoms with E-state index in [-0.39, 0.29) is 6.61 Å². The van der Waals surface area contributed by atoms with Crippen molar-refractivity contribution in [3.8, 4) is 5.75 Å². The van der Waals surface area contributed by atoms with Crippen LogP contribution in [0.15, 0.2) is 18.2 Å². The molecule has 5 heteroatoms. The van der Waals surface area contributed by atoms with Crippen LogP contribution in [0.1, 0.15) is 24.2 Å². The highest BCUT2D eigenvalue weighted by Gasteiger charge is 2.09. The summed E-state index contributed by atoms with van der Waals surface area (Å²) in [5, 5.41) is 0.406. The van der Waals surface area contributed by atoms with Crippen molar-refractivity contribution in [2.45, 2.75) is 20.1 Å². The Hall–Kier alpha value is -1.10. The van der Waals surface area contributed by atoms with Crippen molar-refractivity contribution >= 4 is 17.9 Å². The number of hydrogen-bond donors (Lipinski definition) is 0. The van der Waals surface area contributed by atoms with Gasteiger partial charge in [-0.1, -0.05) is 11.6 Å². The van der Waals surface area contributed by atoms with Crippen molar-refractivity contribution < 1.29 is 19.0 Å². The molecule has 18 heavy (non-hydrogen) atoms. The zero-order chi connectivity index (χ0) is 13.4. The van der Waals surface area contributed by atoms with Gasteiger partial charge in [0.2, 0.25) is 0 Å². The van der Waals surface area contributed by atoms with Crippen molar-refractivity contribution in [2.24, 2.45) is 0 Å². The van der Waals surface area contributed by atoms with E-state index in [0.717, 1.165) is 0 Å². The molecule has 0 aromatic heterocycles. The molecule has 1 aromatic carbocycles. The van der Waals surface area contributed by atoms with E-state index in [2.05, 4.69) is 0 Å². The van der Waals surface area contributed by atoms with Crippen LogP contribution in [0.2, 0.25) is 5.02 Å². The van der Waals surface area contributed by atoms with Crippen molar-refractivity contribution in [3.63, 3.8) is 0 Å². The van der Waals surface area contributed by atoms with Gasteiger partial charge in [-0.2, -0.15) is 0 Å². The number of benzene rings is 1. The minimum Gasteiger partial charge on any atom is -0.488 e. The maximum absolute atomic E-state index is 10.7. The highest BCUT2D eigenvalue weighted by molar-refractivity contribution is 6.32. The molecule has 0 saturated heterocycles. The minimum absolute atomic E-state index is 0.265. The molecular weight excluding hydrogens is 256 g/mol. The predicted molar refractivity (Wildman–Crippen MR) is 69.4 cm³/mol. The quantitative estimate of drug-likeness (QED) is 0.539. The van der Waals surface area contributed by atoms with Gasteiger partial charge in [0.15, 0.2) is 12.6 Å². The first kappa shape index (κ1) is 15.0. The first-order chi connectivity index (χ1) is 8.71. The van der Waals surface area contributed by atoms with Gasteiger partial charge in [-0.05, 0) is 32.0 Å². The summed E-state index contributed by atoms with van der Waals surface area (Å²) in [5.41, 5.74) is 0.401. The van der Waals surface area contributed by atoms with E-state index in [1.807, 2.05) is 13.8 Å². The summed E-state index contributed by atoms with van der Waals surface area (Å²) < 4.78 is 16.2. The van der Waals surface area contributed by atoms with E-state index in [9.17, 15) is 4.79 Å². The number of carbonyl (C=O) groups excluding carboxylic acids is 1. The zero-order valence-corrected chi connectivity index (χ0v) is 11.3. The van der Waals surface area contributed by atoms with E-state index in [1.165, 1.54) is 0 Å². The SMILES string of the molecule is CCOC(COc1ccc(Cl)c(C=O)c1)OCC. The third-order valence-corrected chi connectivity index (χ3v) is 2.53. The molecule has 0 fully saturated rings. The smallest absolute Gasteiger partial charge is 0.191 e. The van der Waals surface area contributed by atoms with Crippen LogP contribution < -0.4 is 4.74 Å². The maximum atomic E-state index is 10.7. The third kappa shape index (κ3) is 4.64. The van der Waals surface area contributed by atoms with Gasteiger partial charge in [-0.15, -0.1) is 0 Å². The fourth-order valence-electron chi connectivity index (χ4n) is 1.38. The fourth-order valence-corrected chi connectivity index (χ4v) is 1.54. The molecule has 4 nitrogen and oxygen atoms in total. The van der Waals surface area contributed by atoms with Crippen LogP contribution >= 0.6 is 11.6 Å². The van der Waals surface area contributed by atoms with Crippen LogP contribution in [0.3, 0.4) is 0 Å². The van der Waals surface area contributed by atoms with E-state index < -0.39 is 6.29 Å². The zero-order valence-electron chi connectivity index (χ0n) is 10.5. The molecule has 0 aliphatic carbocycles. The van der Waals surface area contributed by atoms with Crippen LogP contribution in [-0.4, -0.2) is 32.4 Å². The summed E-state index contributed by atoms with van der Waals surface area (Å²) in [6.45, 7) is 5.14. The molecule has 0 amide bonds. The lowest BCUT2D eigenvalue weighted by molar-refractivity contribution is -0.152. The minimum atomic E-state index is -0.407. The van der Waals surface area contributed by atoms with Crippen molar-refractivity contribution in [2.75, 3.05) is 19.8 Å². The van der Waals surface area contributed by atoms with Crippen molar-refractivity contribution in [3.05, 3.63) is 28.8 Å². The average molecular weight is 273 g/mol. The summed E-state index contributed by atoms with van der Waals surface area (Å²) in [6, 6.07) is 4.91. The van der Waals surface area contributed by atoms with Gasteiger partial charge >= 0.3 is 0 Å². The standard InChI is InChI=1S/C13H17ClO4/c1-3-16-13(17-4-2)9-18-11-5-6-12(14)10(7-11)8-15/h5-8,13H,3-4,9H2,1-2H3. The van der Waals surface area contributed by atoms with Crippen LogP contribution in [0.5, 0.6) is 5.75 Å². The summed E-state index contributed by atoms with van der Waals surface area (Å²) in [4.78, 5) is 10.7. The number of hydrogen-bond acceptors (Lipinski definition) is 4. The first-order valence-corrected chi connectivity index (χ1v) is 6.19. The van der Waals surface area contributed by atoms with Crippen molar-refractivity contribution in [1.29, 1.82) is 0 Å². The van der Waals surface area contributed by atoms with E-state index in [0.29, 0.717) is 35.8 Å². The van der Waals surface area contributed by atoms with Gasteiger partial charge in [-0.3, -0.25) is 4.79 Å². The Bertz CT molecular complexity index is 375. The molecule has 0 aliphatic heterocycles. The molecule has 0 spiro atoms. The Labute approximate surface area is 112 Å². The van der Waals surface area contributed by atoms with Crippen LogP contribution in [0, 0.1) is 0 Å². The average Bonchev–Trinajstić information content (AvgIpc) is 2.38. The molecule has 0 heterocycles. The molecule has 1 rings (SSSR count). The number of halogens is 1. The van der Waals surface area contributed by atoms with Crippen LogP contribution in [0.4, 0.5) is 0 Å². The lowest BCUT2D eigenvalue weighted by Gasteiger charge is -2.17. The maximum Gasteiger partial charge on any atom is 0.191 e. The van der Waals surface area contributed by atoms with Crippen LogP contribution in [0.25, 0.3) is 0 Å². The Morgan fingerprint density at radius 1 is 1.28 bits per heavy atom. The molecule has 1 aromatic rings. The third-order valence-electron chi connectivity index (χ3n) is 2.19. The summed E-state index contributed by atoms with van der Waals surface area (Å²) in [6.07, 6.45) is 0.285. The first-order valence-electron chi connectivity index (χ1n) is 5.82. The van der Waals surface area contributed by atoms with Gasteiger partial charge < -0.3 is 14.2 Å². The van der Waals surface area contributed by atoms with Crippen LogP contribution in [-0.2, 0) is 9.47 Å². The Morgan fingerprint density at radius 3 is 2.50 bits per heavy atom. The Kier molecular flexibility index (Phi) is 6.72. The second-order valence-electron chi connectivity index (χ2n) is 3.45. The molecule has 0 bridgehead atoms. The second-order valence-corrected chi connectivity index (χ2v) is 3.86. The fraction of sp³-hybridized carbons (Fsp3) is 0.462. The molecule has 100 valence electrons. The summed E-state index contributed by atoms with van der Waals surface area (Å²) in [7, 11) is 0. The molecule has 0 N–H and O–H groups in total. The number of ether oxygens (including phenoxy) is 3. The highest BCUT2D eigenvalue weighted by Crippen LogP contribution is 2.20. The molecule has 0 unspecified atom stereocenters. The topological polar surface area (TPSA) is 44.8 Å². The van der Waals surface area contributed by atoms with Gasteiger partial charge in [0.05, 0.1) is 5.02 Å². The number of rotatable bonds is 8. The summed E-state index contributed by atoms with van der Waals surface area (Å²) in [5.74, 6) is 0.561. The summed E-state index contributed by atoms with van der Waals surface area (Å²) >= 11 is 5.82. The number of aldehydes is 1. The molecular formula is C13H17ClO4. The van der Waals surface area contributed by atoms with Crippen molar-refractivity contribution in [1.82, 2.24) is 0 Å². The van der Waals surface area contributed by atoms with Gasteiger partial charge in [0.25, 0.3) is 0 Å². The predicted octanol–water partition coefficient (Wildman–Crippen LogP) is 2.93. The molecule has 0 atom stereocenters. The second kappa shape index (κ2) is 8.08. The lowest BCUT2D eigenvalue weighted by atomic mass is 10.2. The molecule has 0 aliphatic rings. The van der Waals surface area contributed by atoms with Gasteiger partial charge in [-0.25, -0.2) is 0 Å². The Morgan fingerprint density at radius 2 is 1.94 bits per heavy atom. The van der Waals surface area contributed by atoms with Gasteiger partial charge in [0.1, 0.15) is 12.4 Å². The van der Waals surface area contributed by atoms with Gasteiger partial charge in [0, 0.05) is 18.8 Å². The molecule has 0 radical (unpaired) electrons.